The van der Waals surface area contributed by atoms with Gasteiger partial charge >= 0.3 is 0 Å². The Morgan fingerprint density at radius 3 is 2.96 bits per heavy atom. The minimum atomic E-state index is -0.305. The molecule has 4 heterocycles. The lowest BCUT2D eigenvalue weighted by Gasteiger charge is -2.22. The summed E-state index contributed by atoms with van der Waals surface area (Å²) in [5.41, 5.74) is 1.01. The van der Waals surface area contributed by atoms with Crippen molar-refractivity contribution in [3.63, 3.8) is 0 Å². The Morgan fingerprint density at radius 1 is 1.29 bits per heavy atom. The summed E-state index contributed by atoms with van der Waals surface area (Å²) in [6.07, 6.45) is 6.80. The predicted octanol–water partition coefficient (Wildman–Crippen LogP) is 1.76. The van der Waals surface area contributed by atoms with E-state index in [1.54, 1.807) is 16.8 Å². The van der Waals surface area contributed by atoms with Crippen LogP contribution >= 0.6 is 0 Å². The summed E-state index contributed by atoms with van der Waals surface area (Å²) in [5.74, 6) is 0.996. The van der Waals surface area contributed by atoms with Crippen LogP contribution in [0.1, 0.15) is 30.3 Å². The summed E-state index contributed by atoms with van der Waals surface area (Å²) >= 11 is 0. The SMILES string of the molecule is C[C@H]1CCCN1c1ccc2ncc(C(=O)Nc3ccncn3)n2n1. The van der Waals surface area contributed by atoms with Crippen LogP contribution < -0.4 is 10.2 Å². The molecule has 0 spiro atoms. The second-order valence-corrected chi connectivity index (χ2v) is 5.84. The zero-order valence-electron chi connectivity index (χ0n) is 13.3. The number of hydrogen-bond donors (Lipinski definition) is 1. The van der Waals surface area contributed by atoms with Gasteiger partial charge in [-0.1, -0.05) is 0 Å². The molecule has 0 aromatic carbocycles. The highest BCUT2D eigenvalue weighted by molar-refractivity contribution is 6.02. The minimum absolute atomic E-state index is 0.305. The monoisotopic (exact) mass is 323 g/mol. The van der Waals surface area contributed by atoms with Crippen LogP contribution in [-0.4, -0.2) is 43.1 Å². The minimum Gasteiger partial charge on any atom is -0.352 e. The first-order valence-corrected chi connectivity index (χ1v) is 7.91. The zero-order chi connectivity index (χ0) is 16.5. The van der Waals surface area contributed by atoms with Crippen molar-refractivity contribution in [1.29, 1.82) is 0 Å². The number of carbonyl (C=O) groups is 1. The molecule has 0 unspecified atom stereocenters. The average molecular weight is 323 g/mol. The maximum absolute atomic E-state index is 12.5. The summed E-state index contributed by atoms with van der Waals surface area (Å²) in [6, 6.07) is 5.92. The predicted molar refractivity (Wildman–Crippen MR) is 89.0 cm³/mol. The third-order valence-electron chi connectivity index (χ3n) is 4.25. The van der Waals surface area contributed by atoms with Gasteiger partial charge in [-0.2, -0.15) is 0 Å². The quantitative estimate of drug-likeness (QED) is 0.790. The van der Waals surface area contributed by atoms with Gasteiger partial charge < -0.3 is 10.2 Å². The molecule has 3 aromatic rings. The van der Waals surface area contributed by atoms with Crippen molar-refractivity contribution < 1.29 is 4.79 Å². The molecular weight excluding hydrogens is 306 g/mol. The number of fused-ring (bicyclic) bond motifs is 1. The van der Waals surface area contributed by atoms with Gasteiger partial charge in [0.05, 0.1) is 6.20 Å². The van der Waals surface area contributed by atoms with E-state index in [1.807, 2.05) is 12.1 Å². The molecule has 1 amide bonds. The Bertz CT molecular complexity index is 877. The molecule has 1 aliphatic rings. The Hall–Kier alpha value is -3.03. The topological polar surface area (TPSA) is 88.3 Å². The van der Waals surface area contributed by atoms with Crippen LogP contribution in [0.15, 0.2) is 36.9 Å². The van der Waals surface area contributed by atoms with Gasteiger partial charge in [0.2, 0.25) is 0 Å². The number of aromatic nitrogens is 5. The van der Waals surface area contributed by atoms with Crippen molar-refractivity contribution in [2.24, 2.45) is 0 Å². The molecule has 1 N–H and O–H groups in total. The Morgan fingerprint density at radius 2 is 2.21 bits per heavy atom. The molecule has 24 heavy (non-hydrogen) atoms. The standard InChI is InChI=1S/C16H17N7O/c1-11-3-2-8-22(11)15-5-4-14-18-9-12(23(14)21-15)16(24)20-13-6-7-17-10-19-13/h4-7,9-11H,2-3,8H2,1H3,(H,17,19,20,24)/t11-/m0/s1. The summed E-state index contributed by atoms with van der Waals surface area (Å²) < 4.78 is 1.58. The fourth-order valence-electron chi connectivity index (χ4n) is 2.99. The van der Waals surface area contributed by atoms with Gasteiger partial charge in [0.1, 0.15) is 18.0 Å². The zero-order valence-corrected chi connectivity index (χ0v) is 13.3. The summed E-state index contributed by atoms with van der Waals surface area (Å²) in [7, 11) is 0. The third-order valence-corrected chi connectivity index (χ3v) is 4.25. The van der Waals surface area contributed by atoms with Crippen molar-refractivity contribution in [1.82, 2.24) is 24.6 Å². The second-order valence-electron chi connectivity index (χ2n) is 5.84. The number of carbonyl (C=O) groups excluding carboxylic acids is 1. The van der Waals surface area contributed by atoms with E-state index in [-0.39, 0.29) is 5.91 Å². The first kappa shape index (κ1) is 14.6. The molecule has 1 saturated heterocycles. The van der Waals surface area contributed by atoms with Crippen molar-refractivity contribution in [2.75, 3.05) is 16.8 Å². The van der Waals surface area contributed by atoms with Crippen LogP contribution in [0.2, 0.25) is 0 Å². The summed E-state index contributed by atoms with van der Waals surface area (Å²) in [6.45, 7) is 3.17. The van der Waals surface area contributed by atoms with Crippen molar-refractivity contribution in [2.45, 2.75) is 25.8 Å². The number of hydrogen-bond acceptors (Lipinski definition) is 6. The van der Waals surface area contributed by atoms with Crippen molar-refractivity contribution in [3.05, 3.63) is 42.6 Å². The van der Waals surface area contributed by atoms with Crippen LogP contribution in [0.5, 0.6) is 0 Å². The first-order valence-electron chi connectivity index (χ1n) is 7.91. The normalized spacial score (nSPS) is 17.4. The van der Waals surface area contributed by atoms with Gasteiger partial charge in [0.15, 0.2) is 11.3 Å². The number of rotatable bonds is 3. The number of amides is 1. The maximum atomic E-state index is 12.5. The molecule has 8 heteroatoms. The summed E-state index contributed by atoms with van der Waals surface area (Å²) in [4.78, 5) is 26.8. The Balaban J connectivity index is 1.67. The van der Waals surface area contributed by atoms with Crippen LogP contribution in [0.3, 0.4) is 0 Å². The van der Waals surface area contributed by atoms with Crippen molar-refractivity contribution >= 4 is 23.2 Å². The van der Waals surface area contributed by atoms with E-state index in [0.717, 1.165) is 25.2 Å². The second kappa shape index (κ2) is 5.88. The number of imidazole rings is 1. The molecule has 0 bridgehead atoms. The largest absolute Gasteiger partial charge is 0.352 e. The molecule has 1 aliphatic heterocycles. The lowest BCUT2D eigenvalue weighted by atomic mass is 10.2. The van der Waals surface area contributed by atoms with E-state index in [0.29, 0.717) is 23.2 Å². The molecule has 8 nitrogen and oxygen atoms in total. The highest BCUT2D eigenvalue weighted by atomic mass is 16.2. The molecular formula is C16H17N7O. The Kier molecular flexibility index (Phi) is 3.56. The highest BCUT2D eigenvalue weighted by Crippen LogP contribution is 2.23. The van der Waals surface area contributed by atoms with E-state index < -0.39 is 0 Å². The molecule has 0 radical (unpaired) electrons. The molecule has 122 valence electrons. The number of nitrogens with one attached hydrogen (secondary N) is 1. The van der Waals surface area contributed by atoms with E-state index in [9.17, 15) is 4.79 Å². The van der Waals surface area contributed by atoms with E-state index >= 15 is 0 Å². The van der Waals surface area contributed by atoms with Gasteiger partial charge in [-0.05, 0) is 38.0 Å². The van der Waals surface area contributed by atoms with E-state index in [4.69, 9.17) is 0 Å². The van der Waals surface area contributed by atoms with Crippen molar-refractivity contribution in [3.8, 4) is 0 Å². The van der Waals surface area contributed by atoms with Gasteiger partial charge in [0, 0.05) is 18.8 Å². The van der Waals surface area contributed by atoms with Gasteiger partial charge in [-0.15, -0.1) is 5.10 Å². The molecule has 3 aromatic heterocycles. The highest BCUT2D eigenvalue weighted by Gasteiger charge is 2.23. The number of anilines is 2. The van der Waals surface area contributed by atoms with Crippen LogP contribution in [0, 0.1) is 0 Å². The average Bonchev–Trinajstić information content (AvgIpc) is 3.21. The fraction of sp³-hybridized carbons (Fsp3) is 0.312. The lowest BCUT2D eigenvalue weighted by molar-refractivity contribution is 0.102. The first-order chi connectivity index (χ1) is 11.7. The lowest BCUT2D eigenvalue weighted by Crippen LogP contribution is -2.28. The maximum Gasteiger partial charge on any atom is 0.277 e. The molecule has 1 atom stereocenters. The van der Waals surface area contributed by atoms with Gasteiger partial charge in [-0.25, -0.2) is 19.5 Å². The van der Waals surface area contributed by atoms with Crippen LogP contribution in [-0.2, 0) is 0 Å². The van der Waals surface area contributed by atoms with Crippen LogP contribution in [0.4, 0.5) is 11.6 Å². The molecule has 0 saturated carbocycles. The Labute approximate surface area is 138 Å². The fourth-order valence-corrected chi connectivity index (χ4v) is 2.99. The smallest absolute Gasteiger partial charge is 0.277 e. The molecule has 1 fully saturated rings. The van der Waals surface area contributed by atoms with Gasteiger partial charge in [-0.3, -0.25) is 4.79 Å². The molecule has 4 rings (SSSR count). The molecule has 0 aliphatic carbocycles. The third kappa shape index (κ3) is 2.55. The summed E-state index contributed by atoms with van der Waals surface area (Å²) in [5, 5.41) is 7.35. The van der Waals surface area contributed by atoms with Gasteiger partial charge in [0.25, 0.3) is 5.91 Å². The van der Waals surface area contributed by atoms with Crippen LogP contribution in [0.25, 0.3) is 5.65 Å². The van der Waals surface area contributed by atoms with E-state index in [1.165, 1.54) is 12.5 Å². The number of nitrogens with zero attached hydrogens (tertiary/aromatic N) is 6. The van der Waals surface area contributed by atoms with E-state index in [2.05, 4.69) is 37.2 Å².